The smallest absolute Gasteiger partial charge is 0.308 e. The van der Waals surface area contributed by atoms with Gasteiger partial charge in [-0.2, -0.15) is 0 Å². The standard InChI is InChI=1S/C19H14N2O5/c22-16-9-11(19(25)26)10-20(16)12-5-7-13(8-6-12)21-17(23)14-3-1-2-4-15(14)18(21)24/h1-8,11H,9-10H2,(H,25,26). The molecule has 130 valence electrons. The molecular weight excluding hydrogens is 336 g/mol. The Morgan fingerprint density at radius 1 is 0.885 bits per heavy atom. The molecule has 1 unspecified atom stereocenters. The first-order valence-corrected chi connectivity index (χ1v) is 8.08. The van der Waals surface area contributed by atoms with Crippen LogP contribution in [0.1, 0.15) is 27.1 Å². The highest BCUT2D eigenvalue weighted by atomic mass is 16.4. The molecule has 2 aromatic rings. The Morgan fingerprint density at radius 3 is 1.92 bits per heavy atom. The van der Waals surface area contributed by atoms with Crippen LogP contribution in [0.2, 0.25) is 0 Å². The predicted molar refractivity (Wildman–Crippen MR) is 92.1 cm³/mol. The molecule has 0 bridgehead atoms. The fraction of sp³-hybridized carbons (Fsp3) is 0.158. The summed E-state index contributed by atoms with van der Waals surface area (Å²) < 4.78 is 0. The molecule has 2 heterocycles. The molecule has 7 nitrogen and oxygen atoms in total. The van der Waals surface area contributed by atoms with E-state index in [1.165, 1.54) is 4.90 Å². The highest BCUT2D eigenvalue weighted by molar-refractivity contribution is 6.34. The van der Waals surface area contributed by atoms with E-state index in [0.29, 0.717) is 22.5 Å². The zero-order chi connectivity index (χ0) is 18.4. The average molecular weight is 350 g/mol. The first kappa shape index (κ1) is 16.0. The fourth-order valence-electron chi connectivity index (χ4n) is 3.33. The van der Waals surface area contributed by atoms with E-state index in [9.17, 15) is 19.2 Å². The van der Waals surface area contributed by atoms with Gasteiger partial charge in [-0.05, 0) is 36.4 Å². The van der Waals surface area contributed by atoms with Gasteiger partial charge in [0, 0.05) is 18.7 Å². The lowest BCUT2D eigenvalue weighted by molar-refractivity contribution is -0.141. The summed E-state index contributed by atoms with van der Waals surface area (Å²) in [5.41, 5.74) is 1.67. The van der Waals surface area contributed by atoms with Crippen LogP contribution in [0, 0.1) is 5.92 Å². The quantitative estimate of drug-likeness (QED) is 0.854. The molecule has 2 aliphatic rings. The lowest BCUT2D eigenvalue weighted by atomic mass is 10.1. The number of carbonyl (C=O) groups excluding carboxylic acids is 3. The van der Waals surface area contributed by atoms with Crippen molar-refractivity contribution in [2.45, 2.75) is 6.42 Å². The molecule has 26 heavy (non-hydrogen) atoms. The van der Waals surface area contributed by atoms with Crippen LogP contribution in [0.15, 0.2) is 48.5 Å². The third-order valence-corrected chi connectivity index (χ3v) is 4.69. The molecule has 0 radical (unpaired) electrons. The zero-order valence-electron chi connectivity index (χ0n) is 13.6. The van der Waals surface area contributed by atoms with Crippen LogP contribution in [-0.4, -0.2) is 35.3 Å². The Bertz CT molecular complexity index is 916. The van der Waals surface area contributed by atoms with Gasteiger partial charge in [-0.15, -0.1) is 0 Å². The van der Waals surface area contributed by atoms with Crippen molar-refractivity contribution in [1.29, 1.82) is 0 Å². The largest absolute Gasteiger partial charge is 0.481 e. The summed E-state index contributed by atoms with van der Waals surface area (Å²) in [7, 11) is 0. The number of anilines is 2. The summed E-state index contributed by atoms with van der Waals surface area (Å²) in [4.78, 5) is 50.6. The van der Waals surface area contributed by atoms with E-state index in [0.717, 1.165) is 4.90 Å². The molecule has 1 saturated heterocycles. The lowest BCUT2D eigenvalue weighted by Gasteiger charge is -2.18. The minimum Gasteiger partial charge on any atom is -0.481 e. The number of carboxylic acids is 1. The number of amides is 3. The summed E-state index contributed by atoms with van der Waals surface area (Å²) in [6, 6.07) is 13.0. The molecule has 1 fully saturated rings. The summed E-state index contributed by atoms with van der Waals surface area (Å²) >= 11 is 0. The maximum Gasteiger partial charge on any atom is 0.308 e. The van der Waals surface area contributed by atoms with Crippen molar-refractivity contribution in [2.75, 3.05) is 16.3 Å². The topological polar surface area (TPSA) is 95.0 Å². The Balaban J connectivity index is 1.60. The van der Waals surface area contributed by atoms with E-state index in [1.807, 2.05) is 0 Å². The highest BCUT2D eigenvalue weighted by Crippen LogP contribution is 2.31. The normalized spacial score (nSPS) is 19.2. The summed E-state index contributed by atoms with van der Waals surface area (Å²) in [5.74, 6) is -2.75. The van der Waals surface area contributed by atoms with E-state index in [4.69, 9.17) is 5.11 Å². The van der Waals surface area contributed by atoms with E-state index in [-0.39, 0.29) is 30.7 Å². The highest BCUT2D eigenvalue weighted by Gasteiger charge is 2.37. The van der Waals surface area contributed by atoms with Crippen LogP contribution in [0.5, 0.6) is 0 Å². The van der Waals surface area contributed by atoms with Crippen molar-refractivity contribution >= 4 is 35.1 Å². The SMILES string of the molecule is O=C(O)C1CC(=O)N(c2ccc(N3C(=O)c4ccccc4C3=O)cc2)C1. The Labute approximate surface area is 148 Å². The molecule has 7 heteroatoms. The Morgan fingerprint density at radius 2 is 1.42 bits per heavy atom. The fourth-order valence-corrected chi connectivity index (χ4v) is 3.33. The molecule has 0 saturated carbocycles. The van der Waals surface area contributed by atoms with E-state index < -0.39 is 11.9 Å². The van der Waals surface area contributed by atoms with Crippen LogP contribution in [-0.2, 0) is 9.59 Å². The van der Waals surface area contributed by atoms with Crippen molar-refractivity contribution in [3.63, 3.8) is 0 Å². The van der Waals surface area contributed by atoms with Crippen LogP contribution >= 0.6 is 0 Å². The minimum absolute atomic E-state index is 0.0323. The number of imide groups is 1. The minimum atomic E-state index is -0.997. The third kappa shape index (κ3) is 2.36. The van der Waals surface area contributed by atoms with Crippen LogP contribution < -0.4 is 9.80 Å². The molecule has 1 N–H and O–H groups in total. The summed E-state index contributed by atoms with van der Waals surface area (Å²) in [6.45, 7) is 0.112. The first-order valence-electron chi connectivity index (χ1n) is 8.08. The van der Waals surface area contributed by atoms with Crippen molar-refractivity contribution in [2.24, 2.45) is 5.92 Å². The van der Waals surface area contributed by atoms with Crippen LogP contribution in [0.25, 0.3) is 0 Å². The average Bonchev–Trinajstić information content (AvgIpc) is 3.15. The van der Waals surface area contributed by atoms with Gasteiger partial charge in [-0.25, -0.2) is 4.90 Å². The van der Waals surface area contributed by atoms with Crippen molar-refractivity contribution < 1.29 is 24.3 Å². The monoisotopic (exact) mass is 350 g/mol. The lowest BCUT2D eigenvalue weighted by Crippen LogP contribution is -2.29. The second kappa shape index (κ2) is 5.80. The molecule has 4 rings (SSSR count). The first-order chi connectivity index (χ1) is 12.5. The molecule has 2 aliphatic heterocycles. The number of hydrogen-bond donors (Lipinski definition) is 1. The van der Waals surface area contributed by atoms with Gasteiger partial charge < -0.3 is 10.0 Å². The van der Waals surface area contributed by atoms with Gasteiger partial charge in [0.05, 0.1) is 22.7 Å². The number of aliphatic carboxylic acids is 1. The third-order valence-electron chi connectivity index (χ3n) is 4.69. The maximum absolute atomic E-state index is 12.5. The molecule has 3 amide bonds. The van der Waals surface area contributed by atoms with Crippen molar-refractivity contribution in [1.82, 2.24) is 0 Å². The van der Waals surface area contributed by atoms with Gasteiger partial charge in [0.2, 0.25) is 5.91 Å². The second-order valence-corrected chi connectivity index (χ2v) is 6.25. The number of hydrogen-bond acceptors (Lipinski definition) is 4. The van der Waals surface area contributed by atoms with Gasteiger partial charge in [-0.1, -0.05) is 12.1 Å². The molecule has 1 atom stereocenters. The molecule has 0 aromatic heterocycles. The van der Waals surface area contributed by atoms with Crippen molar-refractivity contribution in [3.8, 4) is 0 Å². The zero-order valence-corrected chi connectivity index (χ0v) is 13.6. The van der Waals surface area contributed by atoms with Crippen LogP contribution in [0.3, 0.4) is 0 Å². The van der Waals surface area contributed by atoms with Gasteiger partial charge in [0.15, 0.2) is 0 Å². The molecule has 2 aromatic carbocycles. The van der Waals surface area contributed by atoms with E-state index >= 15 is 0 Å². The maximum atomic E-state index is 12.5. The van der Waals surface area contributed by atoms with E-state index in [1.54, 1.807) is 48.5 Å². The van der Waals surface area contributed by atoms with Gasteiger partial charge in [-0.3, -0.25) is 19.2 Å². The molecule has 0 aliphatic carbocycles. The second-order valence-electron chi connectivity index (χ2n) is 6.25. The van der Waals surface area contributed by atoms with Crippen LogP contribution in [0.4, 0.5) is 11.4 Å². The van der Waals surface area contributed by atoms with Gasteiger partial charge in [0.1, 0.15) is 0 Å². The summed E-state index contributed by atoms with van der Waals surface area (Å²) in [6.07, 6.45) is -0.0323. The van der Waals surface area contributed by atoms with Gasteiger partial charge in [0.25, 0.3) is 11.8 Å². The van der Waals surface area contributed by atoms with Crippen molar-refractivity contribution in [3.05, 3.63) is 59.7 Å². The number of benzene rings is 2. The summed E-state index contributed by atoms with van der Waals surface area (Å²) in [5, 5.41) is 9.07. The number of carboxylic acid groups (broad SMARTS) is 1. The van der Waals surface area contributed by atoms with E-state index in [2.05, 4.69) is 0 Å². The molecular formula is C19H14N2O5. The number of carbonyl (C=O) groups is 4. The number of rotatable bonds is 3. The molecule has 0 spiro atoms. The number of nitrogens with zero attached hydrogens (tertiary/aromatic N) is 2. The van der Waals surface area contributed by atoms with Gasteiger partial charge >= 0.3 is 5.97 Å². The predicted octanol–water partition coefficient (Wildman–Crippen LogP) is 1.92. The Kier molecular flexibility index (Phi) is 3.57. The Hall–Kier alpha value is -3.48. The number of fused-ring (bicyclic) bond motifs is 1.